The monoisotopic (exact) mass is 235 g/mol. The number of halogens is 1. The first-order valence-electron chi connectivity index (χ1n) is 4.84. The molecule has 1 aromatic heterocycles. The lowest BCUT2D eigenvalue weighted by Crippen LogP contribution is -2.04. The summed E-state index contributed by atoms with van der Waals surface area (Å²) in [5, 5.41) is 2.62. The molecule has 0 saturated carbocycles. The lowest BCUT2D eigenvalue weighted by Gasteiger charge is -2.01. The Kier molecular flexibility index (Phi) is 3.10. The second-order valence-corrected chi connectivity index (χ2v) is 4.47. The molecule has 0 unspecified atom stereocenters. The van der Waals surface area contributed by atoms with Crippen molar-refractivity contribution >= 4 is 17.1 Å². The van der Waals surface area contributed by atoms with Crippen molar-refractivity contribution in [1.82, 2.24) is 4.98 Å². The molecule has 16 heavy (non-hydrogen) atoms. The summed E-state index contributed by atoms with van der Waals surface area (Å²) < 4.78 is 13.0. The molecule has 2 aromatic rings. The minimum absolute atomic E-state index is 0.0296. The van der Waals surface area contributed by atoms with Crippen LogP contribution in [0.2, 0.25) is 0 Å². The van der Waals surface area contributed by atoms with Crippen LogP contribution in [0, 0.1) is 12.7 Å². The summed E-state index contributed by atoms with van der Waals surface area (Å²) >= 11 is 1.45. The molecule has 0 aliphatic rings. The summed E-state index contributed by atoms with van der Waals surface area (Å²) in [7, 11) is 0. The van der Waals surface area contributed by atoms with Crippen molar-refractivity contribution in [3.8, 4) is 0 Å². The summed E-state index contributed by atoms with van der Waals surface area (Å²) in [6, 6.07) is 4.41. The highest BCUT2D eigenvalue weighted by atomic mass is 32.1. The van der Waals surface area contributed by atoms with Crippen molar-refractivity contribution in [2.75, 3.05) is 0 Å². The summed E-state index contributed by atoms with van der Waals surface area (Å²) in [6.07, 6.45) is 1.95. The molecule has 0 saturated heterocycles. The average Bonchev–Trinajstić information content (AvgIpc) is 2.74. The van der Waals surface area contributed by atoms with Gasteiger partial charge in [-0.1, -0.05) is 0 Å². The van der Waals surface area contributed by atoms with E-state index in [1.54, 1.807) is 19.2 Å². The van der Waals surface area contributed by atoms with E-state index in [2.05, 4.69) is 4.98 Å². The fourth-order valence-corrected chi connectivity index (χ4v) is 2.01. The minimum Gasteiger partial charge on any atom is -0.294 e. The van der Waals surface area contributed by atoms with Crippen LogP contribution in [0.5, 0.6) is 0 Å². The SMILES string of the molecule is Cc1cc(C(=O)Cc2nccs2)ccc1F. The first kappa shape index (κ1) is 11.0. The Morgan fingerprint density at radius 2 is 2.31 bits per heavy atom. The van der Waals surface area contributed by atoms with E-state index in [9.17, 15) is 9.18 Å². The molecule has 0 aliphatic carbocycles. The molecule has 0 bridgehead atoms. The van der Waals surface area contributed by atoms with Gasteiger partial charge in [-0.2, -0.15) is 0 Å². The number of rotatable bonds is 3. The van der Waals surface area contributed by atoms with Gasteiger partial charge in [-0.3, -0.25) is 4.79 Å². The van der Waals surface area contributed by atoms with Crippen LogP contribution in [-0.4, -0.2) is 10.8 Å². The largest absolute Gasteiger partial charge is 0.294 e. The highest BCUT2D eigenvalue weighted by Gasteiger charge is 2.10. The number of aromatic nitrogens is 1. The van der Waals surface area contributed by atoms with Gasteiger partial charge in [-0.25, -0.2) is 9.37 Å². The molecule has 0 atom stereocenters. The second kappa shape index (κ2) is 4.53. The summed E-state index contributed by atoms with van der Waals surface area (Å²) in [5.74, 6) is -0.316. The molecule has 0 spiro atoms. The molecule has 82 valence electrons. The van der Waals surface area contributed by atoms with Crippen LogP contribution in [0.25, 0.3) is 0 Å². The second-order valence-electron chi connectivity index (χ2n) is 3.49. The number of hydrogen-bond acceptors (Lipinski definition) is 3. The molecule has 0 aliphatic heterocycles. The van der Waals surface area contributed by atoms with Crippen LogP contribution in [0.3, 0.4) is 0 Å². The first-order valence-corrected chi connectivity index (χ1v) is 5.72. The lowest BCUT2D eigenvalue weighted by molar-refractivity contribution is 0.0993. The van der Waals surface area contributed by atoms with Crippen LogP contribution in [-0.2, 0) is 6.42 Å². The van der Waals surface area contributed by atoms with Gasteiger partial charge in [0.25, 0.3) is 0 Å². The summed E-state index contributed by atoms with van der Waals surface area (Å²) in [6.45, 7) is 1.65. The number of hydrogen-bond donors (Lipinski definition) is 0. The number of carbonyl (C=O) groups excluding carboxylic acids is 1. The van der Waals surface area contributed by atoms with Gasteiger partial charge in [-0.15, -0.1) is 11.3 Å². The maximum absolute atomic E-state index is 13.0. The normalized spacial score (nSPS) is 10.4. The Balaban J connectivity index is 2.18. The zero-order valence-electron chi connectivity index (χ0n) is 8.74. The molecule has 0 radical (unpaired) electrons. The Morgan fingerprint density at radius 3 is 2.94 bits per heavy atom. The van der Waals surface area contributed by atoms with Gasteiger partial charge >= 0.3 is 0 Å². The van der Waals surface area contributed by atoms with Crippen LogP contribution in [0.4, 0.5) is 4.39 Å². The molecule has 1 aromatic carbocycles. The van der Waals surface area contributed by atoms with Crippen molar-refractivity contribution < 1.29 is 9.18 Å². The molecule has 0 fully saturated rings. The van der Waals surface area contributed by atoms with E-state index in [1.807, 2.05) is 5.38 Å². The molecular formula is C12H10FNOS. The van der Waals surface area contributed by atoms with Crippen molar-refractivity contribution in [1.29, 1.82) is 0 Å². The van der Waals surface area contributed by atoms with Gasteiger partial charge in [-0.05, 0) is 30.7 Å². The van der Waals surface area contributed by atoms with Crippen molar-refractivity contribution in [2.24, 2.45) is 0 Å². The van der Waals surface area contributed by atoms with E-state index in [1.165, 1.54) is 23.5 Å². The van der Waals surface area contributed by atoms with Crippen molar-refractivity contribution in [3.63, 3.8) is 0 Å². The van der Waals surface area contributed by atoms with E-state index >= 15 is 0 Å². The van der Waals surface area contributed by atoms with Gasteiger partial charge in [0.1, 0.15) is 10.8 Å². The highest BCUT2D eigenvalue weighted by Crippen LogP contribution is 2.13. The Morgan fingerprint density at radius 1 is 1.50 bits per heavy atom. The zero-order chi connectivity index (χ0) is 11.5. The van der Waals surface area contributed by atoms with E-state index in [4.69, 9.17) is 0 Å². The average molecular weight is 235 g/mol. The van der Waals surface area contributed by atoms with Gasteiger partial charge in [0, 0.05) is 17.1 Å². The molecule has 0 N–H and O–H groups in total. The smallest absolute Gasteiger partial charge is 0.169 e. The third-order valence-corrected chi connectivity index (χ3v) is 3.05. The Labute approximate surface area is 96.8 Å². The zero-order valence-corrected chi connectivity index (χ0v) is 9.55. The third kappa shape index (κ3) is 2.33. The fourth-order valence-electron chi connectivity index (χ4n) is 1.40. The van der Waals surface area contributed by atoms with E-state index < -0.39 is 0 Å². The minimum atomic E-state index is -0.286. The molecule has 4 heteroatoms. The highest BCUT2D eigenvalue weighted by molar-refractivity contribution is 7.09. The van der Waals surface area contributed by atoms with Crippen LogP contribution < -0.4 is 0 Å². The summed E-state index contributed by atoms with van der Waals surface area (Å²) in [5.41, 5.74) is 1.03. The molecule has 1 heterocycles. The predicted octanol–water partition coefficient (Wildman–Crippen LogP) is 3.02. The van der Waals surface area contributed by atoms with Gasteiger partial charge in [0.05, 0.1) is 6.42 Å². The number of ketones is 1. The molecule has 2 rings (SSSR count). The Hall–Kier alpha value is -1.55. The number of carbonyl (C=O) groups is 1. The molecule has 2 nitrogen and oxygen atoms in total. The van der Waals surface area contributed by atoms with Crippen molar-refractivity contribution in [3.05, 3.63) is 51.7 Å². The number of nitrogens with zero attached hydrogens (tertiary/aromatic N) is 1. The molecular weight excluding hydrogens is 225 g/mol. The Bertz CT molecular complexity index is 508. The maximum Gasteiger partial charge on any atom is 0.169 e. The van der Waals surface area contributed by atoms with Crippen LogP contribution in [0.15, 0.2) is 29.8 Å². The van der Waals surface area contributed by atoms with E-state index in [0.717, 1.165) is 5.01 Å². The van der Waals surface area contributed by atoms with E-state index in [0.29, 0.717) is 11.1 Å². The van der Waals surface area contributed by atoms with Crippen LogP contribution >= 0.6 is 11.3 Å². The predicted molar refractivity (Wildman–Crippen MR) is 61.3 cm³/mol. The number of benzene rings is 1. The number of thiazole rings is 1. The third-order valence-electron chi connectivity index (χ3n) is 2.28. The number of Topliss-reactive ketones (excluding diaryl/α,β-unsaturated/α-hetero) is 1. The number of aryl methyl sites for hydroxylation is 1. The summed E-state index contributed by atoms with van der Waals surface area (Å²) in [4.78, 5) is 15.9. The molecule has 0 amide bonds. The fraction of sp³-hybridized carbons (Fsp3) is 0.167. The standard InChI is InChI=1S/C12H10FNOS/c1-8-6-9(2-3-10(8)13)11(15)7-12-14-4-5-16-12/h2-6H,7H2,1H3. The van der Waals surface area contributed by atoms with Gasteiger partial charge < -0.3 is 0 Å². The van der Waals surface area contributed by atoms with Gasteiger partial charge in [0.2, 0.25) is 0 Å². The van der Waals surface area contributed by atoms with E-state index in [-0.39, 0.29) is 18.0 Å². The maximum atomic E-state index is 13.0. The van der Waals surface area contributed by atoms with Crippen molar-refractivity contribution in [2.45, 2.75) is 13.3 Å². The lowest BCUT2D eigenvalue weighted by atomic mass is 10.1. The topological polar surface area (TPSA) is 30.0 Å². The first-order chi connectivity index (χ1) is 7.66. The van der Waals surface area contributed by atoms with Crippen LogP contribution in [0.1, 0.15) is 20.9 Å². The quantitative estimate of drug-likeness (QED) is 0.765. The van der Waals surface area contributed by atoms with Gasteiger partial charge in [0.15, 0.2) is 5.78 Å².